The van der Waals surface area contributed by atoms with Crippen molar-refractivity contribution in [2.45, 2.75) is 6.42 Å². The highest BCUT2D eigenvalue weighted by Crippen LogP contribution is 2.11. The summed E-state index contributed by atoms with van der Waals surface area (Å²) in [6, 6.07) is -0.305. The van der Waals surface area contributed by atoms with Crippen LogP contribution in [0.4, 0.5) is 9.59 Å². The number of rotatable bonds is 4. The Hall–Kier alpha value is -0.810. The van der Waals surface area contributed by atoms with Gasteiger partial charge in [0.2, 0.25) is 0 Å². The Kier molecular flexibility index (Phi) is 4.16. The third-order valence-electron chi connectivity index (χ3n) is 2.08. The summed E-state index contributed by atoms with van der Waals surface area (Å²) in [7, 11) is 1.61. The van der Waals surface area contributed by atoms with Gasteiger partial charge in [-0.1, -0.05) is 0 Å². The molecular formula is C8H13ClN2O3. The fraction of sp³-hybridized carbons (Fsp3) is 0.750. The molecule has 1 rings (SSSR count). The van der Waals surface area contributed by atoms with Crippen LogP contribution in [-0.4, -0.2) is 54.5 Å². The van der Waals surface area contributed by atoms with Crippen molar-refractivity contribution in [2.24, 2.45) is 0 Å². The Morgan fingerprint density at radius 1 is 1.57 bits per heavy atom. The van der Waals surface area contributed by atoms with Gasteiger partial charge >= 0.3 is 11.4 Å². The highest BCUT2D eigenvalue weighted by atomic mass is 35.5. The Labute approximate surface area is 87.5 Å². The van der Waals surface area contributed by atoms with E-state index in [0.717, 1.165) is 11.3 Å². The van der Waals surface area contributed by atoms with Crippen LogP contribution in [-0.2, 0) is 4.74 Å². The quantitative estimate of drug-likeness (QED) is 0.405. The summed E-state index contributed by atoms with van der Waals surface area (Å²) >= 11 is 5.22. The molecule has 14 heavy (non-hydrogen) atoms. The molecule has 1 aliphatic heterocycles. The lowest BCUT2D eigenvalue weighted by molar-refractivity contribution is 0.172. The first kappa shape index (κ1) is 11.3. The van der Waals surface area contributed by atoms with E-state index in [1.54, 1.807) is 12.0 Å². The standard InChI is InChI=1S/C8H13ClN2O3/c1-14-6-2-3-10-4-5-11(7(9)12)8(10)13/h2-6H2,1H3. The molecule has 0 N–H and O–H groups in total. The second-order valence-corrected chi connectivity index (χ2v) is 3.34. The highest BCUT2D eigenvalue weighted by Gasteiger charge is 2.31. The van der Waals surface area contributed by atoms with Crippen LogP contribution in [0.1, 0.15) is 6.42 Å². The van der Waals surface area contributed by atoms with E-state index in [4.69, 9.17) is 16.3 Å². The normalized spacial score (nSPS) is 16.6. The van der Waals surface area contributed by atoms with Crippen LogP contribution < -0.4 is 0 Å². The Balaban J connectivity index is 2.36. The van der Waals surface area contributed by atoms with E-state index in [9.17, 15) is 9.59 Å². The Morgan fingerprint density at radius 2 is 2.29 bits per heavy atom. The van der Waals surface area contributed by atoms with Gasteiger partial charge in [-0.15, -0.1) is 0 Å². The van der Waals surface area contributed by atoms with Crippen molar-refractivity contribution in [3.8, 4) is 0 Å². The summed E-state index contributed by atoms with van der Waals surface area (Å²) in [6.07, 6.45) is 0.770. The van der Waals surface area contributed by atoms with E-state index in [0.29, 0.717) is 26.2 Å². The molecule has 0 aromatic heterocycles. The fourth-order valence-electron chi connectivity index (χ4n) is 1.35. The van der Waals surface area contributed by atoms with E-state index in [2.05, 4.69) is 0 Å². The molecule has 3 amide bonds. The number of amides is 3. The van der Waals surface area contributed by atoms with Gasteiger partial charge in [-0.05, 0) is 18.0 Å². The molecule has 0 aliphatic carbocycles. The van der Waals surface area contributed by atoms with Gasteiger partial charge in [0.1, 0.15) is 0 Å². The molecular weight excluding hydrogens is 208 g/mol. The first-order valence-corrected chi connectivity index (χ1v) is 4.79. The van der Waals surface area contributed by atoms with E-state index in [1.807, 2.05) is 0 Å². The van der Waals surface area contributed by atoms with Crippen molar-refractivity contribution < 1.29 is 14.3 Å². The smallest absolute Gasteiger partial charge is 0.327 e. The number of urea groups is 1. The van der Waals surface area contributed by atoms with Crippen LogP contribution in [0.2, 0.25) is 0 Å². The van der Waals surface area contributed by atoms with Crippen LogP contribution in [0.25, 0.3) is 0 Å². The van der Waals surface area contributed by atoms with E-state index >= 15 is 0 Å². The molecule has 0 atom stereocenters. The molecule has 0 aromatic carbocycles. The maximum atomic E-state index is 11.4. The Morgan fingerprint density at radius 3 is 2.79 bits per heavy atom. The third kappa shape index (κ3) is 2.59. The monoisotopic (exact) mass is 220 g/mol. The van der Waals surface area contributed by atoms with Gasteiger partial charge in [0.15, 0.2) is 0 Å². The zero-order valence-corrected chi connectivity index (χ0v) is 8.79. The predicted molar refractivity (Wildman–Crippen MR) is 51.4 cm³/mol. The van der Waals surface area contributed by atoms with Gasteiger partial charge in [-0.3, -0.25) is 4.79 Å². The lowest BCUT2D eigenvalue weighted by Crippen LogP contribution is -2.34. The second-order valence-electron chi connectivity index (χ2n) is 3.02. The summed E-state index contributed by atoms with van der Waals surface area (Å²) in [5.74, 6) is 0. The number of methoxy groups -OCH3 is 1. The average Bonchev–Trinajstić information content (AvgIpc) is 2.48. The molecule has 0 bridgehead atoms. The molecule has 6 heteroatoms. The largest absolute Gasteiger partial charge is 0.385 e. The van der Waals surface area contributed by atoms with Crippen LogP contribution >= 0.6 is 11.6 Å². The molecule has 1 fully saturated rings. The summed E-state index contributed by atoms with van der Waals surface area (Å²) in [5, 5.41) is -0.704. The number of halogens is 1. The number of hydrogen-bond donors (Lipinski definition) is 0. The minimum Gasteiger partial charge on any atom is -0.385 e. The summed E-state index contributed by atoms with van der Waals surface area (Å²) < 4.78 is 4.87. The second kappa shape index (κ2) is 5.17. The lowest BCUT2D eigenvalue weighted by atomic mass is 10.4. The van der Waals surface area contributed by atoms with Crippen molar-refractivity contribution in [3.05, 3.63) is 0 Å². The van der Waals surface area contributed by atoms with Crippen LogP contribution in [0.3, 0.4) is 0 Å². The molecule has 0 unspecified atom stereocenters. The van der Waals surface area contributed by atoms with Crippen LogP contribution in [0.5, 0.6) is 0 Å². The number of hydrogen-bond acceptors (Lipinski definition) is 3. The minimum absolute atomic E-state index is 0.305. The number of carbonyl (C=O) groups is 2. The first-order chi connectivity index (χ1) is 6.66. The summed E-state index contributed by atoms with van der Waals surface area (Å²) in [5.41, 5.74) is 0. The number of nitrogens with zero attached hydrogens (tertiary/aromatic N) is 2. The van der Waals surface area contributed by atoms with Gasteiger partial charge in [0, 0.05) is 33.4 Å². The minimum atomic E-state index is -0.704. The molecule has 5 nitrogen and oxygen atoms in total. The molecule has 1 aliphatic rings. The van der Waals surface area contributed by atoms with Crippen molar-refractivity contribution >= 4 is 23.0 Å². The molecule has 1 saturated heterocycles. The van der Waals surface area contributed by atoms with E-state index in [-0.39, 0.29) is 6.03 Å². The lowest BCUT2D eigenvalue weighted by Gasteiger charge is -2.15. The van der Waals surface area contributed by atoms with Crippen LogP contribution in [0.15, 0.2) is 0 Å². The number of carbonyl (C=O) groups excluding carboxylic acids is 2. The van der Waals surface area contributed by atoms with Gasteiger partial charge in [0.25, 0.3) is 0 Å². The molecule has 0 aromatic rings. The highest BCUT2D eigenvalue weighted by molar-refractivity contribution is 6.64. The Bertz CT molecular complexity index is 235. The molecule has 0 saturated carbocycles. The predicted octanol–water partition coefficient (Wildman–Crippen LogP) is 1.12. The zero-order chi connectivity index (χ0) is 10.6. The fourth-order valence-corrected chi connectivity index (χ4v) is 1.51. The van der Waals surface area contributed by atoms with E-state index < -0.39 is 5.37 Å². The van der Waals surface area contributed by atoms with Crippen molar-refractivity contribution in [1.82, 2.24) is 9.80 Å². The average molecular weight is 221 g/mol. The topological polar surface area (TPSA) is 49.9 Å². The third-order valence-corrected chi connectivity index (χ3v) is 2.29. The van der Waals surface area contributed by atoms with Crippen molar-refractivity contribution in [3.63, 3.8) is 0 Å². The van der Waals surface area contributed by atoms with Gasteiger partial charge in [0.05, 0.1) is 0 Å². The van der Waals surface area contributed by atoms with Crippen molar-refractivity contribution in [1.29, 1.82) is 0 Å². The number of ether oxygens (including phenoxy) is 1. The number of imide groups is 1. The zero-order valence-electron chi connectivity index (χ0n) is 8.03. The molecule has 80 valence electrons. The summed E-state index contributed by atoms with van der Waals surface area (Å²) in [6.45, 7) is 2.15. The van der Waals surface area contributed by atoms with Gasteiger partial charge in [-0.2, -0.15) is 0 Å². The van der Waals surface area contributed by atoms with Gasteiger partial charge in [-0.25, -0.2) is 9.69 Å². The SMILES string of the molecule is COCCCN1CCN(C(=O)Cl)C1=O. The molecule has 0 spiro atoms. The van der Waals surface area contributed by atoms with Crippen LogP contribution in [0, 0.1) is 0 Å². The first-order valence-electron chi connectivity index (χ1n) is 4.41. The van der Waals surface area contributed by atoms with Crippen molar-refractivity contribution in [2.75, 3.05) is 33.4 Å². The summed E-state index contributed by atoms with van der Waals surface area (Å²) in [4.78, 5) is 24.8. The molecule has 1 heterocycles. The molecule has 0 radical (unpaired) electrons. The van der Waals surface area contributed by atoms with Gasteiger partial charge < -0.3 is 9.64 Å². The maximum Gasteiger partial charge on any atom is 0.327 e. The van der Waals surface area contributed by atoms with E-state index in [1.165, 1.54) is 0 Å². The maximum absolute atomic E-state index is 11.4.